The van der Waals surface area contributed by atoms with E-state index in [1.807, 2.05) is 0 Å². The van der Waals surface area contributed by atoms with Gasteiger partial charge in [-0.3, -0.25) is 0 Å². The van der Waals surface area contributed by atoms with Gasteiger partial charge in [-0.05, 0) is 48.9 Å². The molecule has 1 fully saturated rings. The van der Waals surface area contributed by atoms with E-state index in [0.717, 1.165) is 18.4 Å². The van der Waals surface area contributed by atoms with E-state index in [1.165, 1.54) is 43.2 Å². The lowest BCUT2D eigenvalue weighted by Gasteiger charge is -2.23. The van der Waals surface area contributed by atoms with Crippen LogP contribution < -0.4 is 5.32 Å². The molecule has 1 aromatic carbocycles. The van der Waals surface area contributed by atoms with Crippen molar-refractivity contribution in [1.82, 2.24) is 5.32 Å². The number of benzene rings is 1. The van der Waals surface area contributed by atoms with E-state index in [2.05, 4.69) is 50.5 Å². The largest absolute Gasteiger partial charge is 0.319 e. The molecule has 0 heterocycles. The molecule has 0 bridgehead atoms. The van der Waals surface area contributed by atoms with Crippen LogP contribution in [0.25, 0.3) is 0 Å². The van der Waals surface area contributed by atoms with Crippen LogP contribution in [0.3, 0.4) is 0 Å². The molecule has 1 unspecified atom stereocenters. The van der Waals surface area contributed by atoms with Crippen LogP contribution >= 0.6 is 0 Å². The van der Waals surface area contributed by atoms with Crippen LogP contribution in [-0.4, -0.2) is 13.6 Å². The SMILES string of the molecule is CNCC(Cc1ccc(C(C)C)cc1)C1CCCC1. The van der Waals surface area contributed by atoms with Gasteiger partial charge in [0.1, 0.15) is 0 Å². The van der Waals surface area contributed by atoms with Crippen molar-refractivity contribution in [2.75, 3.05) is 13.6 Å². The fourth-order valence-electron chi connectivity index (χ4n) is 3.44. The van der Waals surface area contributed by atoms with Crippen LogP contribution in [0, 0.1) is 11.8 Å². The van der Waals surface area contributed by atoms with Crippen LogP contribution in [0.1, 0.15) is 56.6 Å². The summed E-state index contributed by atoms with van der Waals surface area (Å²) < 4.78 is 0. The van der Waals surface area contributed by atoms with Crippen LogP contribution in [-0.2, 0) is 6.42 Å². The molecule has 0 spiro atoms. The molecule has 1 nitrogen and oxygen atoms in total. The van der Waals surface area contributed by atoms with E-state index in [0.29, 0.717) is 5.92 Å². The van der Waals surface area contributed by atoms with Gasteiger partial charge in [0.2, 0.25) is 0 Å². The van der Waals surface area contributed by atoms with Gasteiger partial charge in [-0.1, -0.05) is 63.8 Å². The van der Waals surface area contributed by atoms with Gasteiger partial charge in [0.15, 0.2) is 0 Å². The maximum atomic E-state index is 3.39. The first-order chi connectivity index (χ1) is 9.20. The average molecular weight is 259 g/mol. The predicted molar refractivity (Wildman–Crippen MR) is 83.6 cm³/mol. The minimum Gasteiger partial charge on any atom is -0.319 e. The Labute approximate surface area is 118 Å². The molecule has 106 valence electrons. The zero-order valence-corrected chi connectivity index (χ0v) is 12.8. The van der Waals surface area contributed by atoms with Crippen molar-refractivity contribution in [2.45, 2.75) is 51.9 Å². The second kappa shape index (κ2) is 7.09. The van der Waals surface area contributed by atoms with E-state index in [9.17, 15) is 0 Å². The highest BCUT2D eigenvalue weighted by Crippen LogP contribution is 2.33. The molecule has 1 aliphatic rings. The Bertz CT molecular complexity index is 360. The van der Waals surface area contributed by atoms with Crippen LogP contribution in [0.15, 0.2) is 24.3 Å². The summed E-state index contributed by atoms with van der Waals surface area (Å²) in [5.41, 5.74) is 2.96. The summed E-state index contributed by atoms with van der Waals surface area (Å²) in [6.45, 7) is 5.69. The van der Waals surface area contributed by atoms with Crippen molar-refractivity contribution >= 4 is 0 Å². The van der Waals surface area contributed by atoms with Gasteiger partial charge in [0.05, 0.1) is 0 Å². The molecule has 0 aromatic heterocycles. The van der Waals surface area contributed by atoms with E-state index in [1.54, 1.807) is 0 Å². The summed E-state index contributed by atoms with van der Waals surface area (Å²) in [5, 5.41) is 3.39. The van der Waals surface area contributed by atoms with Crippen molar-refractivity contribution in [2.24, 2.45) is 11.8 Å². The summed E-state index contributed by atoms with van der Waals surface area (Å²) >= 11 is 0. The Kier molecular flexibility index (Phi) is 5.45. The predicted octanol–water partition coefficient (Wildman–Crippen LogP) is 4.38. The number of nitrogens with one attached hydrogen (secondary N) is 1. The lowest BCUT2D eigenvalue weighted by atomic mass is 9.85. The molecule has 0 radical (unpaired) electrons. The van der Waals surface area contributed by atoms with Gasteiger partial charge in [-0.2, -0.15) is 0 Å². The van der Waals surface area contributed by atoms with Gasteiger partial charge in [-0.25, -0.2) is 0 Å². The second-order valence-electron chi connectivity index (χ2n) is 6.46. The van der Waals surface area contributed by atoms with Gasteiger partial charge < -0.3 is 5.32 Å². The normalized spacial score (nSPS) is 18.1. The lowest BCUT2D eigenvalue weighted by molar-refractivity contribution is 0.328. The number of rotatable bonds is 6. The molecular formula is C18H29N. The Hall–Kier alpha value is -0.820. The minimum atomic E-state index is 0.636. The average Bonchev–Trinajstić information content (AvgIpc) is 2.92. The zero-order valence-electron chi connectivity index (χ0n) is 12.8. The molecule has 0 amide bonds. The van der Waals surface area contributed by atoms with Crippen molar-refractivity contribution in [3.63, 3.8) is 0 Å². The third-order valence-corrected chi connectivity index (χ3v) is 4.68. The molecule has 0 aliphatic heterocycles. The Morgan fingerprint density at radius 1 is 1.11 bits per heavy atom. The topological polar surface area (TPSA) is 12.0 Å². The number of hydrogen-bond donors (Lipinski definition) is 1. The summed E-state index contributed by atoms with van der Waals surface area (Å²) in [6.07, 6.45) is 7.01. The van der Waals surface area contributed by atoms with Gasteiger partial charge in [-0.15, -0.1) is 0 Å². The molecule has 2 rings (SSSR count). The first kappa shape index (κ1) is 14.6. The molecule has 0 saturated heterocycles. The second-order valence-corrected chi connectivity index (χ2v) is 6.46. The highest BCUT2D eigenvalue weighted by molar-refractivity contribution is 5.25. The van der Waals surface area contributed by atoms with E-state index >= 15 is 0 Å². The van der Waals surface area contributed by atoms with E-state index < -0.39 is 0 Å². The maximum absolute atomic E-state index is 3.39. The third-order valence-electron chi connectivity index (χ3n) is 4.68. The fourth-order valence-corrected chi connectivity index (χ4v) is 3.44. The highest BCUT2D eigenvalue weighted by Gasteiger charge is 2.24. The van der Waals surface area contributed by atoms with Crippen LogP contribution in [0.5, 0.6) is 0 Å². The van der Waals surface area contributed by atoms with Crippen molar-refractivity contribution < 1.29 is 0 Å². The van der Waals surface area contributed by atoms with Crippen molar-refractivity contribution in [1.29, 1.82) is 0 Å². The molecule has 1 N–H and O–H groups in total. The van der Waals surface area contributed by atoms with E-state index in [4.69, 9.17) is 0 Å². The monoisotopic (exact) mass is 259 g/mol. The molecular weight excluding hydrogens is 230 g/mol. The fraction of sp³-hybridized carbons (Fsp3) is 0.667. The summed E-state index contributed by atoms with van der Waals surface area (Å²) in [5.74, 6) is 2.40. The summed E-state index contributed by atoms with van der Waals surface area (Å²) in [4.78, 5) is 0. The molecule has 1 aromatic rings. The first-order valence-electron chi connectivity index (χ1n) is 7.94. The van der Waals surface area contributed by atoms with Crippen molar-refractivity contribution in [3.05, 3.63) is 35.4 Å². The van der Waals surface area contributed by atoms with Crippen LogP contribution in [0.2, 0.25) is 0 Å². The maximum Gasteiger partial charge on any atom is -0.00177 e. The van der Waals surface area contributed by atoms with Gasteiger partial charge in [0.25, 0.3) is 0 Å². The summed E-state index contributed by atoms with van der Waals surface area (Å²) in [7, 11) is 2.09. The quantitative estimate of drug-likeness (QED) is 0.799. The Morgan fingerprint density at radius 2 is 1.74 bits per heavy atom. The highest BCUT2D eigenvalue weighted by atomic mass is 14.8. The smallest absolute Gasteiger partial charge is 0.00177 e. The van der Waals surface area contributed by atoms with Crippen molar-refractivity contribution in [3.8, 4) is 0 Å². The molecule has 1 heteroatoms. The van der Waals surface area contributed by atoms with Crippen LogP contribution in [0.4, 0.5) is 0 Å². The molecule has 1 atom stereocenters. The number of hydrogen-bond acceptors (Lipinski definition) is 1. The lowest BCUT2D eigenvalue weighted by Crippen LogP contribution is -2.26. The van der Waals surface area contributed by atoms with E-state index in [-0.39, 0.29) is 0 Å². The van der Waals surface area contributed by atoms with Gasteiger partial charge >= 0.3 is 0 Å². The van der Waals surface area contributed by atoms with Gasteiger partial charge in [0, 0.05) is 0 Å². The standard InChI is InChI=1S/C18H29N/c1-14(2)16-10-8-15(9-11-16)12-18(13-19-3)17-6-4-5-7-17/h8-11,14,17-19H,4-7,12-13H2,1-3H3. The molecule has 19 heavy (non-hydrogen) atoms. The first-order valence-corrected chi connectivity index (χ1v) is 7.94. The molecule has 1 saturated carbocycles. The Balaban J connectivity index is 1.99. The molecule has 1 aliphatic carbocycles. The summed E-state index contributed by atoms with van der Waals surface area (Å²) in [6, 6.07) is 9.30. The minimum absolute atomic E-state index is 0.636. The third kappa shape index (κ3) is 4.07. The Morgan fingerprint density at radius 3 is 2.26 bits per heavy atom. The zero-order chi connectivity index (χ0) is 13.7.